The Labute approximate surface area is 146 Å². The summed E-state index contributed by atoms with van der Waals surface area (Å²) >= 11 is 2.30. The van der Waals surface area contributed by atoms with Crippen molar-refractivity contribution >= 4 is 40.9 Å². The summed E-state index contributed by atoms with van der Waals surface area (Å²) in [4.78, 5) is 14.7. The number of nitrogens with zero attached hydrogens (tertiary/aromatic N) is 1. The first kappa shape index (κ1) is 17.0. The molecule has 3 rings (SSSR count). The zero-order chi connectivity index (χ0) is 14.1. The van der Waals surface area contributed by atoms with E-state index in [2.05, 4.69) is 39.7 Å². The van der Waals surface area contributed by atoms with Crippen LogP contribution in [0.1, 0.15) is 28.8 Å². The van der Waals surface area contributed by atoms with Crippen LogP contribution in [0.3, 0.4) is 0 Å². The maximum atomic E-state index is 12.6. The second-order valence-electron chi connectivity index (χ2n) is 6.01. The van der Waals surface area contributed by atoms with Gasteiger partial charge in [-0.05, 0) is 85.0 Å². The van der Waals surface area contributed by atoms with E-state index in [-0.39, 0.29) is 18.3 Å². The van der Waals surface area contributed by atoms with E-state index in [1.165, 1.54) is 9.13 Å². The average Bonchev–Trinajstić information content (AvgIpc) is 2.80. The van der Waals surface area contributed by atoms with Crippen LogP contribution in [0.25, 0.3) is 0 Å². The first-order chi connectivity index (χ1) is 9.65. The van der Waals surface area contributed by atoms with Gasteiger partial charge in [-0.25, -0.2) is 0 Å². The standard InChI is InChI=1S/C16H21IN2O.ClH/c1-11-2-3-12(8-15(11)17)16(20)19-6-4-13-9-18-10-14(13)5-7-19;/h2-3,8,13-14,18H,4-7,9-10H2,1H3;1H/t13-,14+;. The van der Waals surface area contributed by atoms with Crippen molar-refractivity contribution in [2.24, 2.45) is 11.8 Å². The van der Waals surface area contributed by atoms with Gasteiger partial charge in [0.25, 0.3) is 5.91 Å². The minimum atomic E-state index is 0. The van der Waals surface area contributed by atoms with Gasteiger partial charge in [-0.1, -0.05) is 6.07 Å². The molecule has 5 heteroatoms. The normalized spacial score (nSPS) is 25.0. The van der Waals surface area contributed by atoms with E-state index in [1.54, 1.807) is 0 Å². The summed E-state index contributed by atoms with van der Waals surface area (Å²) in [5.74, 6) is 1.74. The number of likely N-dealkylation sites (tertiary alicyclic amines) is 1. The second-order valence-corrected chi connectivity index (χ2v) is 7.17. The molecule has 2 saturated heterocycles. The first-order valence-corrected chi connectivity index (χ1v) is 8.49. The Morgan fingerprint density at radius 2 is 1.86 bits per heavy atom. The lowest BCUT2D eigenvalue weighted by Crippen LogP contribution is -2.32. The highest BCUT2D eigenvalue weighted by atomic mass is 127. The minimum absolute atomic E-state index is 0. The van der Waals surface area contributed by atoms with Crippen LogP contribution >= 0.6 is 35.0 Å². The Morgan fingerprint density at radius 1 is 1.24 bits per heavy atom. The monoisotopic (exact) mass is 420 g/mol. The molecule has 1 N–H and O–H groups in total. The fourth-order valence-electron chi connectivity index (χ4n) is 3.33. The average molecular weight is 421 g/mol. The fourth-order valence-corrected chi connectivity index (χ4v) is 3.84. The molecular weight excluding hydrogens is 399 g/mol. The van der Waals surface area contributed by atoms with Crippen LogP contribution in [-0.2, 0) is 0 Å². The number of carbonyl (C=O) groups excluding carboxylic acids is 1. The molecule has 0 aromatic heterocycles. The molecule has 0 radical (unpaired) electrons. The van der Waals surface area contributed by atoms with Gasteiger partial charge in [0.05, 0.1) is 0 Å². The van der Waals surface area contributed by atoms with E-state index in [9.17, 15) is 4.79 Å². The highest BCUT2D eigenvalue weighted by molar-refractivity contribution is 14.1. The third kappa shape index (κ3) is 3.71. The topological polar surface area (TPSA) is 32.3 Å². The number of benzene rings is 1. The van der Waals surface area contributed by atoms with Crippen LogP contribution in [0.5, 0.6) is 0 Å². The summed E-state index contributed by atoms with van der Waals surface area (Å²) in [6.07, 6.45) is 2.29. The molecule has 1 amide bonds. The molecule has 2 aliphatic rings. The van der Waals surface area contributed by atoms with Gasteiger partial charge in [-0.3, -0.25) is 4.79 Å². The number of rotatable bonds is 1. The number of hydrogen-bond donors (Lipinski definition) is 1. The summed E-state index contributed by atoms with van der Waals surface area (Å²) in [5.41, 5.74) is 2.07. The van der Waals surface area contributed by atoms with Crippen molar-refractivity contribution in [3.8, 4) is 0 Å². The summed E-state index contributed by atoms with van der Waals surface area (Å²) in [7, 11) is 0. The lowest BCUT2D eigenvalue weighted by molar-refractivity contribution is 0.0758. The second kappa shape index (κ2) is 7.29. The highest BCUT2D eigenvalue weighted by Gasteiger charge is 2.31. The van der Waals surface area contributed by atoms with Crippen LogP contribution < -0.4 is 5.32 Å². The highest BCUT2D eigenvalue weighted by Crippen LogP contribution is 2.27. The van der Waals surface area contributed by atoms with E-state index in [4.69, 9.17) is 0 Å². The molecule has 1 aromatic carbocycles. The zero-order valence-corrected chi connectivity index (χ0v) is 15.2. The van der Waals surface area contributed by atoms with Gasteiger partial charge in [0, 0.05) is 22.2 Å². The van der Waals surface area contributed by atoms with Gasteiger partial charge < -0.3 is 10.2 Å². The van der Waals surface area contributed by atoms with Crippen LogP contribution in [0, 0.1) is 22.3 Å². The molecule has 116 valence electrons. The van der Waals surface area contributed by atoms with Gasteiger partial charge in [0.1, 0.15) is 0 Å². The molecule has 3 nitrogen and oxygen atoms in total. The van der Waals surface area contributed by atoms with Crippen LogP contribution in [-0.4, -0.2) is 37.0 Å². The van der Waals surface area contributed by atoms with Crippen molar-refractivity contribution < 1.29 is 4.79 Å². The predicted octanol–water partition coefficient (Wildman–Crippen LogP) is 3.09. The Hall–Kier alpha value is -0.330. The molecule has 2 heterocycles. The molecule has 0 bridgehead atoms. The van der Waals surface area contributed by atoms with Gasteiger partial charge in [-0.2, -0.15) is 0 Å². The Kier molecular flexibility index (Phi) is 5.91. The Morgan fingerprint density at radius 3 is 2.43 bits per heavy atom. The fraction of sp³-hybridized carbons (Fsp3) is 0.562. The van der Waals surface area contributed by atoms with E-state index in [0.29, 0.717) is 0 Å². The number of halogens is 2. The molecule has 2 atom stereocenters. The van der Waals surface area contributed by atoms with Gasteiger partial charge >= 0.3 is 0 Å². The van der Waals surface area contributed by atoms with Gasteiger partial charge in [-0.15, -0.1) is 12.4 Å². The Balaban J connectivity index is 0.00000161. The number of fused-ring (bicyclic) bond motifs is 1. The van der Waals surface area contributed by atoms with Crippen molar-refractivity contribution in [3.05, 3.63) is 32.9 Å². The van der Waals surface area contributed by atoms with E-state index < -0.39 is 0 Å². The molecule has 0 aliphatic carbocycles. The maximum absolute atomic E-state index is 12.6. The SMILES string of the molecule is Cc1ccc(C(=O)N2CC[C@@H]3CNC[C@@H]3CC2)cc1I.Cl. The third-order valence-electron chi connectivity index (χ3n) is 4.73. The summed E-state index contributed by atoms with van der Waals surface area (Å²) in [5, 5.41) is 3.48. The van der Waals surface area contributed by atoms with Crippen molar-refractivity contribution in [1.29, 1.82) is 0 Å². The van der Waals surface area contributed by atoms with E-state index in [1.807, 2.05) is 18.2 Å². The molecule has 2 fully saturated rings. The summed E-state index contributed by atoms with van der Waals surface area (Å²) in [6, 6.07) is 6.03. The lowest BCUT2D eigenvalue weighted by Gasteiger charge is -2.21. The molecule has 1 aromatic rings. The molecule has 0 unspecified atom stereocenters. The van der Waals surface area contributed by atoms with Crippen LogP contribution in [0.4, 0.5) is 0 Å². The van der Waals surface area contributed by atoms with Crippen molar-refractivity contribution in [3.63, 3.8) is 0 Å². The number of carbonyl (C=O) groups is 1. The predicted molar refractivity (Wildman–Crippen MR) is 96.1 cm³/mol. The molecule has 0 saturated carbocycles. The first-order valence-electron chi connectivity index (χ1n) is 7.41. The molecule has 0 spiro atoms. The van der Waals surface area contributed by atoms with Gasteiger partial charge in [0.2, 0.25) is 0 Å². The lowest BCUT2D eigenvalue weighted by atomic mass is 9.92. The number of amides is 1. The van der Waals surface area contributed by atoms with Crippen LogP contribution in [0.2, 0.25) is 0 Å². The summed E-state index contributed by atoms with van der Waals surface area (Å²) < 4.78 is 1.17. The van der Waals surface area contributed by atoms with Gasteiger partial charge in [0.15, 0.2) is 0 Å². The number of hydrogen-bond acceptors (Lipinski definition) is 2. The molecular formula is C16H22ClIN2O. The van der Waals surface area contributed by atoms with Crippen LogP contribution in [0.15, 0.2) is 18.2 Å². The number of aryl methyl sites for hydroxylation is 1. The third-order valence-corrected chi connectivity index (χ3v) is 5.89. The Bertz CT molecular complexity index is 509. The smallest absolute Gasteiger partial charge is 0.253 e. The van der Waals surface area contributed by atoms with Crippen molar-refractivity contribution in [1.82, 2.24) is 10.2 Å². The zero-order valence-electron chi connectivity index (χ0n) is 12.3. The largest absolute Gasteiger partial charge is 0.339 e. The minimum Gasteiger partial charge on any atom is -0.339 e. The van der Waals surface area contributed by atoms with E-state index in [0.717, 1.165) is 56.4 Å². The quantitative estimate of drug-likeness (QED) is 0.708. The van der Waals surface area contributed by atoms with Crippen molar-refractivity contribution in [2.45, 2.75) is 19.8 Å². The number of nitrogens with one attached hydrogen (secondary N) is 1. The van der Waals surface area contributed by atoms with E-state index >= 15 is 0 Å². The molecule has 21 heavy (non-hydrogen) atoms. The summed E-state index contributed by atoms with van der Waals surface area (Å²) in [6.45, 7) is 6.17. The maximum Gasteiger partial charge on any atom is 0.253 e. The molecule has 2 aliphatic heterocycles. The van der Waals surface area contributed by atoms with Crippen molar-refractivity contribution in [2.75, 3.05) is 26.2 Å².